The van der Waals surface area contributed by atoms with Crippen molar-refractivity contribution < 1.29 is 24.2 Å². The van der Waals surface area contributed by atoms with Gasteiger partial charge in [-0.1, -0.05) is 54.6 Å². The van der Waals surface area contributed by atoms with E-state index in [0.29, 0.717) is 12.8 Å². The molecule has 31 heavy (non-hydrogen) atoms. The number of fused-ring (bicyclic) bond motifs is 3. The molecule has 2 aliphatic rings. The fourth-order valence-corrected chi connectivity index (χ4v) is 4.14. The third kappa shape index (κ3) is 4.60. The summed E-state index contributed by atoms with van der Waals surface area (Å²) in [5, 5.41) is 14.2. The molecule has 0 unspecified atom stereocenters. The van der Waals surface area contributed by atoms with E-state index in [1.807, 2.05) is 24.3 Å². The van der Waals surface area contributed by atoms with Gasteiger partial charge in [-0.2, -0.15) is 0 Å². The van der Waals surface area contributed by atoms with Crippen LogP contribution in [0, 0.1) is 5.92 Å². The fourth-order valence-electron chi connectivity index (χ4n) is 4.14. The molecule has 4 rings (SSSR count). The number of hydrogen-bond acceptors (Lipinski definition) is 4. The van der Waals surface area contributed by atoms with Gasteiger partial charge in [0, 0.05) is 24.6 Å². The van der Waals surface area contributed by atoms with Crippen molar-refractivity contribution in [1.82, 2.24) is 10.6 Å². The number of carbonyl (C=O) groups is 3. The molecule has 0 atom stereocenters. The predicted octanol–water partition coefficient (Wildman–Crippen LogP) is 3.06. The molecule has 2 aromatic carbocycles. The van der Waals surface area contributed by atoms with E-state index in [4.69, 9.17) is 9.84 Å². The van der Waals surface area contributed by atoms with Crippen LogP contribution in [0.4, 0.5) is 4.79 Å². The van der Waals surface area contributed by atoms with Crippen molar-refractivity contribution in [2.24, 2.45) is 5.92 Å². The van der Waals surface area contributed by atoms with Crippen molar-refractivity contribution >= 4 is 18.0 Å². The van der Waals surface area contributed by atoms with E-state index in [1.165, 1.54) is 23.3 Å². The summed E-state index contributed by atoms with van der Waals surface area (Å²) in [6.07, 6.45) is 3.22. The van der Waals surface area contributed by atoms with Gasteiger partial charge in [0.15, 0.2) is 0 Å². The largest absolute Gasteiger partial charge is 0.481 e. The van der Waals surface area contributed by atoms with Gasteiger partial charge in [-0.15, -0.1) is 0 Å². The molecular weight excluding hydrogens is 396 g/mol. The molecule has 2 aliphatic carbocycles. The van der Waals surface area contributed by atoms with E-state index in [2.05, 4.69) is 34.9 Å². The fraction of sp³-hybridized carbons (Fsp3) is 0.292. The van der Waals surface area contributed by atoms with Crippen LogP contribution in [0.15, 0.2) is 60.7 Å². The molecule has 1 saturated carbocycles. The van der Waals surface area contributed by atoms with Crippen LogP contribution in [0.2, 0.25) is 0 Å². The molecule has 0 saturated heterocycles. The lowest BCUT2D eigenvalue weighted by Crippen LogP contribution is -2.46. The highest BCUT2D eigenvalue weighted by atomic mass is 16.5. The maximum absolute atomic E-state index is 12.1. The van der Waals surface area contributed by atoms with Gasteiger partial charge < -0.3 is 20.5 Å². The lowest BCUT2D eigenvalue weighted by atomic mass is 9.80. The van der Waals surface area contributed by atoms with Crippen molar-refractivity contribution in [1.29, 1.82) is 0 Å². The summed E-state index contributed by atoms with van der Waals surface area (Å²) in [5.41, 5.74) is 4.63. The highest BCUT2D eigenvalue weighted by Gasteiger charge is 2.34. The monoisotopic (exact) mass is 420 g/mol. The zero-order valence-corrected chi connectivity index (χ0v) is 16.9. The quantitative estimate of drug-likeness (QED) is 0.597. The highest BCUT2D eigenvalue weighted by Crippen LogP contribution is 2.44. The molecule has 160 valence electrons. The first-order chi connectivity index (χ1) is 15.0. The number of alkyl carbamates (subject to hydrolysis) is 1. The first-order valence-corrected chi connectivity index (χ1v) is 10.3. The molecule has 0 bridgehead atoms. The Morgan fingerprint density at radius 3 is 2.23 bits per heavy atom. The number of aliphatic carboxylic acids is 1. The number of carbonyl (C=O) groups excluding carboxylic acids is 2. The maximum atomic E-state index is 12.1. The van der Waals surface area contributed by atoms with Gasteiger partial charge in [0.05, 0.1) is 5.92 Å². The Bertz CT molecular complexity index is 981. The van der Waals surface area contributed by atoms with Crippen molar-refractivity contribution in [3.8, 4) is 11.1 Å². The van der Waals surface area contributed by atoms with Gasteiger partial charge in [0.2, 0.25) is 5.91 Å². The van der Waals surface area contributed by atoms with Crippen LogP contribution < -0.4 is 10.6 Å². The molecule has 3 N–H and O–H groups in total. The number of carboxylic acids is 1. The molecular formula is C24H24N2O5. The molecule has 1 fully saturated rings. The Kier molecular flexibility index (Phi) is 6.02. The van der Waals surface area contributed by atoms with Crippen LogP contribution in [0.3, 0.4) is 0 Å². The standard InChI is InChI=1S/C24H24N2O5/c27-22(26-16-12-15(13-16)23(28)29)10-5-11-25-24(30)31-14-21-19-8-3-1-6-17(19)18-7-2-4-9-20(18)21/h1-10,15-16,21H,11-14H2,(H,25,30)(H,26,27)(H,28,29)/b10-5+. The Hall–Kier alpha value is -3.61. The number of rotatable bonds is 7. The van der Waals surface area contributed by atoms with Crippen LogP contribution in [0.1, 0.15) is 29.9 Å². The van der Waals surface area contributed by atoms with Crippen molar-refractivity contribution in [2.75, 3.05) is 13.2 Å². The van der Waals surface area contributed by atoms with Gasteiger partial charge in [0.25, 0.3) is 0 Å². The molecule has 0 heterocycles. The zero-order chi connectivity index (χ0) is 21.8. The summed E-state index contributed by atoms with van der Waals surface area (Å²) < 4.78 is 5.43. The summed E-state index contributed by atoms with van der Waals surface area (Å²) in [5.74, 6) is -1.50. The van der Waals surface area contributed by atoms with Crippen LogP contribution in [-0.4, -0.2) is 42.3 Å². The molecule has 0 aromatic heterocycles. The van der Waals surface area contributed by atoms with E-state index >= 15 is 0 Å². The van der Waals surface area contributed by atoms with Gasteiger partial charge in [0.1, 0.15) is 6.61 Å². The first-order valence-electron chi connectivity index (χ1n) is 10.3. The van der Waals surface area contributed by atoms with E-state index < -0.39 is 12.1 Å². The summed E-state index contributed by atoms with van der Waals surface area (Å²) in [6.45, 7) is 0.392. The second-order valence-corrected chi connectivity index (χ2v) is 7.82. The minimum absolute atomic E-state index is 0.00317. The minimum atomic E-state index is -0.826. The normalized spacial score (nSPS) is 19.2. The number of hydrogen-bond donors (Lipinski definition) is 3. The molecule has 0 radical (unpaired) electrons. The molecule has 2 amide bonds. The number of amides is 2. The minimum Gasteiger partial charge on any atom is -0.481 e. The van der Waals surface area contributed by atoms with Gasteiger partial charge in [-0.3, -0.25) is 9.59 Å². The maximum Gasteiger partial charge on any atom is 0.407 e. The first kappa shape index (κ1) is 20.7. The Morgan fingerprint density at radius 1 is 1.00 bits per heavy atom. The topological polar surface area (TPSA) is 105 Å². The summed E-state index contributed by atoms with van der Waals surface area (Å²) in [6, 6.07) is 16.1. The van der Waals surface area contributed by atoms with Crippen LogP contribution in [0.5, 0.6) is 0 Å². The summed E-state index contributed by atoms with van der Waals surface area (Å²) in [4.78, 5) is 34.7. The molecule has 0 aliphatic heterocycles. The van der Waals surface area contributed by atoms with Crippen LogP contribution in [0.25, 0.3) is 11.1 Å². The van der Waals surface area contributed by atoms with Crippen molar-refractivity contribution in [3.63, 3.8) is 0 Å². The second kappa shape index (κ2) is 9.04. The third-order valence-electron chi connectivity index (χ3n) is 5.81. The lowest BCUT2D eigenvalue weighted by Gasteiger charge is -2.32. The summed E-state index contributed by atoms with van der Waals surface area (Å²) in [7, 11) is 0. The van der Waals surface area contributed by atoms with E-state index in [1.54, 1.807) is 0 Å². The van der Waals surface area contributed by atoms with E-state index in [-0.39, 0.29) is 36.9 Å². The average Bonchev–Trinajstić information content (AvgIpc) is 3.05. The van der Waals surface area contributed by atoms with Crippen molar-refractivity contribution in [2.45, 2.75) is 24.8 Å². The second-order valence-electron chi connectivity index (χ2n) is 7.82. The third-order valence-corrected chi connectivity index (χ3v) is 5.81. The molecule has 0 spiro atoms. The summed E-state index contributed by atoms with van der Waals surface area (Å²) >= 11 is 0. The molecule has 2 aromatic rings. The van der Waals surface area contributed by atoms with Gasteiger partial charge in [-0.05, 0) is 35.1 Å². The Morgan fingerprint density at radius 2 is 1.61 bits per heavy atom. The molecule has 7 heteroatoms. The Balaban J connectivity index is 1.21. The van der Waals surface area contributed by atoms with E-state index in [0.717, 1.165) is 11.1 Å². The average molecular weight is 420 g/mol. The lowest BCUT2D eigenvalue weighted by molar-refractivity contribution is -0.146. The van der Waals surface area contributed by atoms with Crippen molar-refractivity contribution in [3.05, 3.63) is 71.8 Å². The van der Waals surface area contributed by atoms with Crippen LogP contribution >= 0.6 is 0 Å². The number of ether oxygens (including phenoxy) is 1. The number of nitrogens with one attached hydrogen (secondary N) is 2. The molecule has 7 nitrogen and oxygen atoms in total. The highest BCUT2D eigenvalue weighted by molar-refractivity contribution is 5.88. The number of benzene rings is 2. The predicted molar refractivity (Wildman–Crippen MR) is 115 cm³/mol. The van der Waals surface area contributed by atoms with E-state index in [9.17, 15) is 14.4 Å². The van der Waals surface area contributed by atoms with Gasteiger partial charge in [-0.25, -0.2) is 4.79 Å². The number of carboxylic acid groups (broad SMARTS) is 1. The smallest absolute Gasteiger partial charge is 0.407 e. The SMILES string of the molecule is O=C(/C=C/CNC(=O)OCC1c2ccccc2-c2ccccc21)NC1CC(C(=O)O)C1. The zero-order valence-electron chi connectivity index (χ0n) is 16.9. The Labute approximate surface area is 180 Å². The van der Waals surface area contributed by atoms with Crippen LogP contribution in [-0.2, 0) is 14.3 Å². The van der Waals surface area contributed by atoms with Gasteiger partial charge >= 0.3 is 12.1 Å².